The summed E-state index contributed by atoms with van der Waals surface area (Å²) in [7, 11) is 0. The topological polar surface area (TPSA) is 70.7 Å². The standard InChI is InChI=1S/C23H20N4O/c28-22(11-15-7-8-21-18(10-15)6-3-9-24-21)26-23-20(14-25-27-23)19-12-16-4-1-2-5-17(16)13-19/h1-10,14,19H,11-13H2,(H2,25,26,27,28). The van der Waals surface area contributed by atoms with Gasteiger partial charge in [-0.2, -0.15) is 5.10 Å². The molecule has 0 atom stereocenters. The SMILES string of the molecule is O=C(Cc1ccc2ncccc2c1)Nc1[nH]ncc1C1Cc2ccccc2C1. The van der Waals surface area contributed by atoms with E-state index in [9.17, 15) is 4.79 Å². The van der Waals surface area contributed by atoms with Gasteiger partial charge in [0.05, 0.1) is 18.1 Å². The van der Waals surface area contributed by atoms with Gasteiger partial charge in [0.25, 0.3) is 0 Å². The van der Waals surface area contributed by atoms with E-state index in [4.69, 9.17) is 0 Å². The van der Waals surface area contributed by atoms with Crippen LogP contribution in [0.5, 0.6) is 0 Å². The van der Waals surface area contributed by atoms with E-state index in [1.165, 1.54) is 11.1 Å². The van der Waals surface area contributed by atoms with E-state index in [2.05, 4.69) is 44.8 Å². The first-order chi connectivity index (χ1) is 13.8. The van der Waals surface area contributed by atoms with E-state index < -0.39 is 0 Å². The summed E-state index contributed by atoms with van der Waals surface area (Å²) < 4.78 is 0. The van der Waals surface area contributed by atoms with E-state index >= 15 is 0 Å². The molecule has 2 N–H and O–H groups in total. The Bertz CT molecular complexity index is 1140. The van der Waals surface area contributed by atoms with Crippen molar-refractivity contribution in [3.63, 3.8) is 0 Å². The molecule has 2 aromatic carbocycles. The maximum atomic E-state index is 12.6. The minimum Gasteiger partial charge on any atom is -0.311 e. The van der Waals surface area contributed by atoms with Gasteiger partial charge in [-0.3, -0.25) is 14.9 Å². The Morgan fingerprint density at radius 3 is 2.71 bits per heavy atom. The van der Waals surface area contributed by atoms with Crippen molar-refractivity contribution in [2.75, 3.05) is 5.32 Å². The highest BCUT2D eigenvalue weighted by atomic mass is 16.1. The van der Waals surface area contributed by atoms with Crippen LogP contribution < -0.4 is 5.32 Å². The number of hydrogen-bond donors (Lipinski definition) is 2. The lowest BCUT2D eigenvalue weighted by Crippen LogP contribution is -2.16. The van der Waals surface area contributed by atoms with Crippen molar-refractivity contribution in [1.82, 2.24) is 15.2 Å². The van der Waals surface area contributed by atoms with Crippen molar-refractivity contribution in [3.8, 4) is 0 Å². The lowest BCUT2D eigenvalue weighted by molar-refractivity contribution is -0.115. The van der Waals surface area contributed by atoms with Crippen LogP contribution in [0.2, 0.25) is 0 Å². The van der Waals surface area contributed by atoms with Gasteiger partial charge in [0.2, 0.25) is 5.91 Å². The van der Waals surface area contributed by atoms with Gasteiger partial charge in [0.1, 0.15) is 5.82 Å². The number of aromatic amines is 1. The van der Waals surface area contributed by atoms with Crippen molar-refractivity contribution >= 4 is 22.6 Å². The molecular weight excluding hydrogens is 348 g/mol. The van der Waals surface area contributed by atoms with E-state index in [1.54, 1.807) is 6.20 Å². The number of carbonyl (C=O) groups excluding carboxylic acids is 1. The second kappa shape index (κ2) is 6.93. The molecule has 0 aliphatic heterocycles. The molecule has 0 unspecified atom stereocenters. The van der Waals surface area contributed by atoms with Crippen molar-refractivity contribution in [2.24, 2.45) is 0 Å². The van der Waals surface area contributed by atoms with Gasteiger partial charge in [0, 0.05) is 17.1 Å². The molecule has 0 saturated heterocycles. The lowest BCUT2D eigenvalue weighted by atomic mass is 9.98. The fourth-order valence-corrected chi connectivity index (χ4v) is 4.09. The molecule has 2 aromatic heterocycles. The summed E-state index contributed by atoms with van der Waals surface area (Å²) in [4.78, 5) is 16.9. The highest BCUT2D eigenvalue weighted by Crippen LogP contribution is 2.36. The largest absolute Gasteiger partial charge is 0.311 e. The Labute approximate surface area is 162 Å². The zero-order valence-corrected chi connectivity index (χ0v) is 15.4. The highest BCUT2D eigenvalue weighted by molar-refractivity contribution is 5.93. The van der Waals surface area contributed by atoms with Gasteiger partial charge in [-0.1, -0.05) is 36.4 Å². The number of aromatic nitrogens is 3. The van der Waals surface area contributed by atoms with Crippen molar-refractivity contribution in [1.29, 1.82) is 0 Å². The highest BCUT2D eigenvalue weighted by Gasteiger charge is 2.26. The van der Waals surface area contributed by atoms with E-state index in [1.807, 2.05) is 36.5 Å². The second-order valence-electron chi connectivity index (χ2n) is 7.33. The smallest absolute Gasteiger partial charge is 0.229 e. The van der Waals surface area contributed by atoms with Crippen LogP contribution in [0.3, 0.4) is 0 Å². The number of hydrogen-bond acceptors (Lipinski definition) is 3. The van der Waals surface area contributed by atoms with Gasteiger partial charge < -0.3 is 5.32 Å². The van der Waals surface area contributed by atoms with Crippen LogP contribution in [0.15, 0.2) is 67.0 Å². The molecular formula is C23H20N4O. The fourth-order valence-electron chi connectivity index (χ4n) is 4.09. The molecule has 5 nitrogen and oxygen atoms in total. The minimum atomic E-state index is -0.0516. The third-order valence-corrected chi connectivity index (χ3v) is 5.46. The molecule has 5 rings (SSSR count). The Morgan fingerprint density at radius 2 is 1.89 bits per heavy atom. The molecule has 0 saturated carbocycles. The van der Waals surface area contributed by atoms with Crippen LogP contribution in [0.4, 0.5) is 5.82 Å². The Balaban J connectivity index is 1.30. The second-order valence-corrected chi connectivity index (χ2v) is 7.33. The normalized spacial score (nSPS) is 13.6. The van der Waals surface area contributed by atoms with Gasteiger partial charge in [-0.15, -0.1) is 0 Å². The number of rotatable bonds is 4. The molecule has 0 spiro atoms. The Kier molecular flexibility index (Phi) is 4.13. The first kappa shape index (κ1) is 16.7. The summed E-state index contributed by atoms with van der Waals surface area (Å²) in [5, 5.41) is 11.2. The number of benzene rings is 2. The average molecular weight is 368 g/mol. The van der Waals surface area contributed by atoms with Crippen LogP contribution in [-0.2, 0) is 24.1 Å². The number of fused-ring (bicyclic) bond motifs is 2. The lowest BCUT2D eigenvalue weighted by Gasteiger charge is -2.11. The van der Waals surface area contributed by atoms with Crippen molar-refractivity contribution in [3.05, 3.63) is 89.2 Å². The zero-order valence-electron chi connectivity index (χ0n) is 15.4. The predicted octanol–water partition coefficient (Wildman–Crippen LogP) is 4.02. The summed E-state index contributed by atoms with van der Waals surface area (Å²) in [6.45, 7) is 0. The number of carbonyl (C=O) groups is 1. The molecule has 1 aliphatic carbocycles. The Morgan fingerprint density at radius 1 is 1.07 bits per heavy atom. The first-order valence-electron chi connectivity index (χ1n) is 9.50. The summed E-state index contributed by atoms with van der Waals surface area (Å²) in [5.41, 5.74) is 5.74. The molecule has 0 radical (unpaired) electrons. The average Bonchev–Trinajstić information content (AvgIpc) is 3.34. The van der Waals surface area contributed by atoms with Gasteiger partial charge in [-0.25, -0.2) is 0 Å². The summed E-state index contributed by atoms with van der Waals surface area (Å²) in [6.07, 6.45) is 5.89. The van der Waals surface area contributed by atoms with Gasteiger partial charge >= 0.3 is 0 Å². The zero-order chi connectivity index (χ0) is 18.9. The monoisotopic (exact) mass is 368 g/mol. The van der Waals surface area contributed by atoms with Crippen LogP contribution >= 0.6 is 0 Å². The molecule has 4 aromatic rings. The summed E-state index contributed by atoms with van der Waals surface area (Å²) in [5.74, 6) is 1.01. The fraction of sp³-hybridized carbons (Fsp3) is 0.174. The first-order valence-corrected chi connectivity index (χ1v) is 9.50. The van der Waals surface area contributed by atoms with Crippen molar-refractivity contribution in [2.45, 2.75) is 25.2 Å². The maximum Gasteiger partial charge on any atom is 0.229 e. The van der Waals surface area contributed by atoms with E-state index in [0.717, 1.165) is 34.9 Å². The third-order valence-electron chi connectivity index (χ3n) is 5.46. The van der Waals surface area contributed by atoms with Gasteiger partial charge in [-0.05, 0) is 53.6 Å². The van der Waals surface area contributed by atoms with Crippen LogP contribution in [0, 0.1) is 0 Å². The molecule has 138 valence electrons. The molecule has 0 fully saturated rings. The van der Waals surface area contributed by atoms with Gasteiger partial charge in [0.15, 0.2) is 0 Å². The molecule has 2 heterocycles. The number of anilines is 1. The molecule has 5 heteroatoms. The maximum absolute atomic E-state index is 12.6. The molecule has 1 amide bonds. The predicted molar refractivity (Wildman–Crippen MR) is 109 cm³/mol. The number of nitrogens with zero attached hydrogens (tertiary/aromatic N) is 2. The van der Waals surface area contributed by atoms with Crippen LogP contribution in [0.25, 0.3) is 10.9 Å². The summed E-state index contributed by atoms with van der Waals surface area (Å²) in [6, 6.07) is 18.4. The van der Waals surface area contributed by atoms with E-state index in [0.29, 0.717) is 18.2 Å². The minimum absolute atomic E-state index is 0.0516. The Hall–Kier alpha value is -3.47. The summed E-state index contributed by atoms with van der Waals surface area (Å²) >= 11 is 0. The third kappa shape index (κ3) is 3.16. The van der Waals surface area contributed by atoms with Crippen molar-refractivity contribution < 1.29 is 4.79 Å². The van der Waals surface area contributed by atoms with Crippen LogP contribution in [0.1, 0.15) is 28.2 Å². The number of nitrogens with one attached hydrogen (secondary N) is 2. The quantitative estimate of drug-likeness (QED) is 0.571. The number of pyridine rings is 1. The molecule has 28 heavy (non-hydrogen) atoms. The molecule has 0 bridgehead atoms. The van der Waals surface area contributed by atoms with Crippen LogP contribution in [-0.4, -0.2) is 21.1 Å². The van der Waals surface area contributed by atoms with E-state index in [-0.39, 0.29) is 5.91 Å². The molecule has 1 aliphatic rings. The number of amides is 1. The number of H-pyrrole nitrogens is 1.